The number of carbonyl (C=O) groups is 1. The van der Waals surface area contributed by atoms with Crippen LogP contribution in [0.1, 0.15) is 70.1 Å². The second-order valence-corrected chi connectivity index (χ2v) is 7.63. The van der Waals surface area contributed by atoms with E-state index in [4.69, 9.17) is 0 Å². The van der Waals surface area contributed by atoms with Crippen molar-refractivity contribution in [2.45, 2.75) is 77.8 Å². The molecule has 0 aliphatic heterocycles. The monoisotopic (exact) mass is 355 g/mol. The van der Waals surface area contributed by atoms with E-state index in [1.54, 1.807) is 0 Å². The first-order valence-corrected chi connectivity index (χ1v) is 9.82. The van der Waals surface area contributed by atoms with Crippen molar-refractivity contribution in [2.75, 3.05) is 0 Å². The van der Waals surface area contributed by atoms with Crippen LogP contribution in [0.2, 0.25) is 0 Å². The maximum absolute atomic E-state index is 12.8. The molecule has 140 valence electrons. The predicted molar refractivity (Wildman–Crippen MR) is 104 cm³/mol. The van der Waals surface area contributed by atoms with Gasteiger partial charge < -0.3 is 5.32 Å². The van der Waals surface area contributed by atoms with E-state index in [1.165, 1.54) is 16.7 Å². The molecule has 1 aliphatic rings. The standard InChI is InChI=1S/C21H29N3O2/c1-4-19-18-12-15(14(2)3)10-11-17(18)21(26)24(23-19)13-20(25)22-16-8-6-5-7-9-16/h10-12,14,16H,4-9,13H2,1-3H3,(H,22,25). The van der Waals surface area contributed by atoms with E-state index in [0.717, 1.165) is 43.2 Å². The lowest BCUT2D eigenvalue weighted by molar-refractivity contribution is -0.122. The minimum Gasteiger partial charge on any atom is -0.352 e. The molecule has 0 spiro atoms. The minimum atomic E-state index is -0.189. The number of hydrogen-bond donors (Lipinski definition) is 1. The lowest BCUT2D eigenvalue weighted by atomic mass is 9.95. The smallest absolute Gasteiger partial charge is 0.275 e. The SMILES string of the molecule is CCc1nn(CC(=O)NC2CCCCC2)c(=O)c2ccc(C(C)C)cc12. The van der Waals surface area contributed by atoms with Crippen molar-refractivity contribution < 1.29 is 4.79 Å². The van der Waals surface area contributed by atoms with Gasteiger partial charge in [0.25, 0.3) is 5.56 Å². The van der Waals surface area contributed by atoms with E-state index in [-0.39, 0.29) is 24.1 Å². The molecular weight excluding hydrogens is 326 g/mol. The molecule has 1 heterocycles. The lowest BCUT2D eigenvalue weighted by Gasteiger charge is -2.22. The largest absolute Gasteiger partial charge is 0.352 e. The van der Waals surface area contributed by atoms with Crippen molar-refractivity contribution in [1.82, 2.24) is 15.1 Å². The minimum absolute atomic E-state index is 0.00972. The summed E-state index contributed by atoms with van der Waals surface area (Å²) in [4.78, 5) is 25.2. The number of rotatable bonds is 5. The van der Waals surface area contributed by atoms with Crippen molar-refractivity contribution >= 4 is 16.7 Å². The summed E-state index contributed by atoms with van der Waals surface area (Å²) >= 11 is 0. The molecule has 0 saturated heterocycles. The highest BCUT2D eigenvalue weighted by atomic mass is 16.2. The Kier molecular flexibility index (Phi) is 5.74. The Bertz CT molecular complexity index is 848. The van der Waals surface area contributed by atoms with E-state index in [2.05, 4.69) is 30.3 Å². The van der Waals surface area contributed by atoms with Crippen LogP contribution in [0.4, 0.5) is 0 Å². The third-order valence-corrected chi connectivity index (χ3v) is 5.33. The zero-order chi connectivity index (χ0) is 18.7. The first-order chi connectivity index (χ1) is 12.5. The second kappa shape index (κ2) is 8.02. The van der Waals surface area contributed by atoms with Crippen molar-refractivity contribution in [3.63, 3.8) is 0 Å². The number of nitrogens with zero attached hydrogens (tertiary/aromatic N) is 2. The molecule has 1 fully saturated rings. The molecule has 1 N–H and O–H groups in total. The number of amides is 1. The molecule has 0 unspecified atom stereocenters. The second-order valence-electron chi connectivity index (χ2n) is 7.63. The Morgan fingerprint density at radius 2 is 1.96 bits per heavy atom. The molecule has 3 rings (SSSR count). The summed E-state index contributed by atoms with van der Waals surface area (Å²) in [6.07, 6.45) is 6.36. The molecule has 0 atom stereocenters. The van der Waals surface area contributed by atoms with Gasteiger partial charge in [-0.3, -0.25) is 9.59 Å². The topological polar surface area (TPSA) is 64.0 Å². The molecule has 1 aromatic heterocycles. The fourth-order valence-electron chi connectivity index (χ4n) is 3.75. The summed E-state index contributed by atoms with van der Waals surface area (Å²) in [5.41, 5.74) is 1.88. The predicted octanol–water partition coefficient (Wildman–Crippen LogP) is 3.53. The fourth-order valence-corrected chi connectivity index (χ4v) is 3.75. The number of aromatic nitrogens is 2. The summed E-state index contributed by atoms with van der Waals surface area (Å²) in [6, 6.07) is 6.19. The van der Waals surface area contributed by atoms with Crippen LogP contribution >= 0.6 is 0 Å². The third-order valence-electron chi connectivity index (χ3n) is 5.33. The number of carbonyl (C=O) groups excluding carboxylic acids is 1. The average Bonchev–Trinajstić information content (AvgIpc) is 2.64. The van der Waals surface area contributed by atoms with Gasteiger partial charge >= 0.3 is 0 Å². The van der Waals surface area contributed by atoms with Gasteiger partial charge in [-0.2, -0.15) is 5.10 Å². The van der Waals surface area contributed by atoms with Gasteiger partial charge in [-0.1, -0.05) is 46.1 Å². The van der Waals surface area contributed by atoms with Gasteiger partial charge in [0.1, 0.15) is 6.54 Å². The summed E-state index contributed by atoms with van der Waals surface area (Å²) in [7, 11) is 0. The van der Waals surface area contributed by atoms with Crippen molar-refractivity contribution in [3.8, 4) is 0 Å². The molecule has 5 heteroatoms. The van der Waals surface area contributed by atoms with Crippen molar-refractivity contribution in [2.24, 2.45) is 0 Å². The molecule has 0 bridgehead atoms. The lowest BCUT2D eigenvalue weighted by Crippen LogP contribution is -2.40. The number of fused-ring (bicyclic) bond motifs is 1. The summed E-state index contributed by atoms with van der Waals surface area (Å²) in [5, 5.41) is 9.12. The highest BCUT2D eigenvalue weighted by Crippen LogP contribution is 2.22. The maximum Gasteiger partial charge on any atom is 0.275 e. The molecule has 1 aliphatic carbocycles. The number of nitrogens with one attached hydrogen (secondary N) is 1. The normalized spacial score (nSPS) is 15.5. The maximum atomic E-state index is 12.8. The van der Waals surface area contributed by atoms with E-state index >= 15 is 0 Å². The Hall–Kier alpha value is -2.17. The van der Waals surface area contributed by atoms with Crippen LogP contribution in [0, 0.1) is 0 Å². The average molecular weight is 355 g/mol. The highest BCUT2D eigenvalue weighted by Gasteiger charge is 2.18. The molecule has 2 aromatic rings. The van der Waals surface area contributed by atoms with Crippen molar-refractivity contribution in [1.29, 1.82) is 0 Å². The van der Waals surface area contributed by atoms with Gasteiger partial charge in [0.2, 0.25) is 5.91 Å². The molecule has 1 amide bonds. The van der Waals surface area contributed by atoms with Gasteiger partial charge in [0.15, 0.2) is 0 Å². The van der Waals surface area contributed by atoms with Crippen molar-refractivity contribution in [3.05, 3.63) is 39.8 Å². The molecular formula is C21H29N3O2. The van der Waals surface area contributed by atoms with E-state index in [1.807, 2.05) is 19.1 Å². The highest BCUT2D eigenvalue weighted by molar-refractivity contribution is 5.85. The first-order valence-electron chi connectivity index (χ1n) is 9.82. The zero-order valence-corrected chi connectivity index (χ0v) is 16.0. The zero-order valence-electron chi connectivity index (χ0n) is 16.0. The Morgan fingerprint density at radius 3 is 2.62 bits per heavy atom. The Balaban J connectivity index is 1.88. The fraction of sp³-hybridized carbons (Fsp3) is 0.571. The van der Waals surface area contributed by atoms with Gasteiger partial charge in [-0.25, -0.2) is 4.68 Å². The molecule has 26 heavy (non-hydrogen) atoms. The third kappa shape index (κ3) is 3.97. The van der Waals surface area contributed by atoms with Crippen LogP contribution in [0.15, 0.2) is 23.0 Å². The summed E-state index contributed by atoms with van der Waals surface area (Å²) in [6.45, 7) is 6.29. The molecule has 0 radical (unpaired) electrons. The van der Waals surface area contributed by atoms with E-state index < -0.39 is 0 Å². The number of aryl methyl sites for hydroxylation is 1. The van der Waals surface area contributed by atoms with Crippen LogP contribution in [-0.4, -0.2) is 21.7 Å². The van der Waals surface area contributed by atoms with Gasteiger partial charge in [0.05, 0.1) is 11.1 Å². The van der Waals surface area contributed by atoms with Gasteiger partial charge in [-0.05, 0) is 42.9 Å². The van der Waals surface area contributed by atoms with Gasteiger partial charge in [-0.15, -0.1) is 0 Å². The number of benzene rings is 1. The molecule has 5 nitrogen and oxygen atoms in total. The van der Waals surface area contributed by atoms with Crippen LogP contribution in [0.25, 0.3) is 10.8 Å². The van der Waals surface area contributed by atoms with Crippen LogP contribution in [0.3, 0.4) is 0 Å². The number of hydrogen-bond acceptors (Lipinski definition) is 3. The molecule has 1 saturated carbocycles. The summed E-state index contributed by atoms with van der Waals surface area (Å²) in [5.74, 6) is 0.277. The van der Waals surface area contributed by atoms with Crippen LogP contribution in [-0.2, 0) is 17.8 Å². The first kappa shape index (κ1) is 18.6. The van der Waals surface area contributed by atoms with Crippen LogP contribution in [0.5, 0.6) is 0 Å². The Labute approximate surface area is 154 Å². The van der Waals surface area contributed by atoms with Crippen LogP contribution < -0.4 is 10.9 Å². The Morgan fingerprint density at radius 1 is 1.23 bits per heavy atom. The molecule has 1 aromatic carbocycles. The quantitative estimate of drug-likeness (QED) is 0.892. The van der Waals surface area contributed by atoms with Gasteiger partial charge in [0, 0.05) is 11.4 Å². The van der Waals surface area contributed by atoms with E-state index in [9.17, 15) is 9.59 Å². The summed E-state index contributed by atoms with van der Waals surface area (Å²) < 4.78 is 1.33. The van der Waals surface area contributed by atoms with E-state index in [0.29, 0.717) is 11.3 Å².